The second-order valence-electron chi connectivity index (χ2n) is 4.98. The maximum absolute atomic E-state index is 13.8. The normalized spacial score (nSPS) is 12.6. The van der Waals surface area contributed by atoms with Crippen LogP contribution in [-0.4, -0.2) is 16.3 Å². The first-order valence-corrected chi connectivity index (χ1v) is 7.18. The molecule has 0 fully saturated rings. The van der Waals surface area contributed by atoms with Gasteiger partial charge >= 0.3 is 0 Å². The second kappa shape index (κ2) is 6.66. The number of aromatic nitrogens is 2. The zero-order valence-electron chi connectivity index (χ0n) is 12.4. The van der Waals surface area contributed by atoms with Crippen LogP contribution in [0.15, 0.2) is 30.5 Å². The third kappa shape index (κ3) is 3.07. The average molecular weight is 275 g/mol. The Kier molecular flexibility index (Phi) is 4.90. The minimum absolute atomic E-state index is 0.0239. The van der Waals surface area contributed by atoms with Gasteiger partial charge in [-0.1, -0.05) is 26.0 Å². The van der Waals surface area contributed by atoms with Crippen LogP contribution in [0.25, 0.3) is 0 Å². The van der Waals surface area contributed by atoms with Crippen LogP contribution in [0.5, 0.6) is 0 Å². The molecule has 1 aromatic carbocycles. The van der Waals surface area contributed by atoms with Crippen molar-refractivity contribution in [2.24, 2.45) is 0 Å². The van der Waals surface area contributed by atoms with E-state index in [-0.39, 0.29) is 11.9 Å². The quantitative estimate of drug-likeness (QED) is 0.875. The smallest absolute Gasteiger partial charge is 0.126 e. The molecule has 0 radical (unpaired) electrons. The van der Waals surface area contributed by atoms with Crippen LogP contribution >= 0.6 is 0 Å². The van der Waals surface area contributed by atoms with E-state index in [0.29, 0.717) is 5.56 Å². The third-order valence-corrected chi connectivity index (χ3v) is 3.42. The molecular weight excluding hydrogens is 253 g/mol. The highest BCUT2D eigenvalue weighted by Crippen LogP contribution is 2.23. The minimum atomic E-state index is -0.160. The molecule has 0 spiro atoms. The van der Waals surface area contributed by atoms with Crippen molar-refractivity contribution in [3.05, 3.63) is 53.1 Å². The Labute approximate surface area is 119 Å². The molecule has 0 saturated carbocycles. The molecule has 108 valence electrons. The van der Waals surface area contributed by atoms with Crippen molar-refractivity contribution in [2.75, 3.05) is 6.54 Å². The molecule has 1 atom stereocenters. The Hall–Kier alpha value is -1.68. The first kappa shape index (κ1) is 14.7. The van der Waals surface area contributed by atoms with Crippen LogP contribution in [0.3, 0.4) is 0 Å². The fourth-order valence-electron chi connectivity index (χ4n) is 2.37. The Morgan fingerprint density at radius 1 is 1.30 bits per heavy atom. The van der Waals surface area contributed by atoms with E-state index < -0.39 is 0 Å². The van der Waals surface area contributed by atoms with Crippen LogP contribution in [-0.2, 0) is 6.54 Å². The Morgan fingerprint density at radius 3 is 2.75 bits per heavy atom. The molecule has 0 aliphatic heterocycles. The zero-order valence-corrected chi connectivity index (χ0v) is 12.4. The molecule has 0 amide bonds. The SMILES string of the molecule is CCCn1nccc1C(NCC)c1ccc(C)c(F)c1. The van der Waals surface area contributed by atoms with Crippen molar-refractivity contribution < 1.29 is 4.39 Å². The van der Waals surface area contributed by atoms with E-state index >= 15 is 0 Å². The first-order valence-electron chi connectivity index (χ1n) is 7.18. The van der Waals surface area contributed by atoms with Crippen molar-refractivity contribution >= 4 is 0 Å². The van der Waals surface area contributed by atoms with Gasteiger partial charge < -0.3 is 5.32 Å². The van der Waals surface area contributed by atoms with E-state index in [1.807, 2.05) is 22.9 Å². The fourth-order valence-corrected chi connectivity index (χ4v) is 2.37. The van der Waals surface area contributed by atoms with Gasteiger partial charge in [0, 0.05) is 12.7 Å². The largest absolute Gasteiger partial charge is 0.305 e. The number of aryl methyl sites for hydroxylation is 2. The number of nitrogens with zero attached hydrogens (tertiary/aromatic N) is 2. The lowest BCUT2D eigenvalue weighted by molar-refractivity contribution is 0.517. The summed E-state index contributed by atoms with van der Waals surface area (Å²) < 4.78 is 15.8. The molecule has 0 bridgehead atoms. The van der Waals surface area contributed by atoms with Crippen LogP contribution in [0, 0.1) is 12.7 Å². The van der Waals surface area contributed by atoms with Gasteiger partial charge in [0.2, 0.25) is 0 Å². The molecule has 1 aromatic heterocycles. The van der Waals surface area contributed by atoms with Crippen LogP contribution in [0.1, 0.15) is 43.1 Å². The summed E-state index contributed by atoms with van der Waals surface area (Å²) in [5.74, 6) is -0.160. The monoisotopic (exact) mass is 275 g/mol. The highest BCUT2D eigenvalue weighted by Gasteiger charge is 2.18. The summed E-state index contributed by atoms with van der Waals surface area (Å²) in [4.78, 5) is 0. The predicted molar refractivity (Wildman–Crippen MR) is 79.2 cm³/mol. The molecule has 0 aliphatic rings. The molecular formula is C16H22FN3. The summed E-state index contributed by atoms with van der Waals surface area (Å²) in [6.07, 6.45) is 2.83. The van der Waals surface area contributed by atoms with Gasteiger partial charge in [-0.3, -0.25) is 4.68 Å². The van der Waals surface area contributed by atoms with Gasteiger partial charge in [0.05, 0.1) is 11.7 Å². The lowest BCUT2D eigenvalue weighted by Crippen LogP contribution is -2.25. The van der Waals surface area contributed by atoms with Crippen LogP contribution in [0.2, 0.25) is 0 Å². The molecule has 1 unspecified atom stereocenters. The Morgan fingerprint density at radius 2 is 2.10 bits per heavy atom. The number of halogens is 1. The topological polar surface area (TPSA) is 29.9 Å². The summed E-state index contributed by atoms with van der Waals surface area (Å²) in [6, 6.07) is 7.40. The predicted octanol–water partition coefficient (Wildman–Crippen LogP) is 3.44. The minimum Gasteiger partial charge on any atom is -0.305 e. The number of hydrogen-bond donors (Lipinski definition) is 1. The summed E-state index contributed by atoms with van der Waals surface area (Å²) in [6.45, 7) is 7.65. The Bertz CT molecular complexity index is 563. The highest BCUT2D eigenvalue weighted by atomic mass is 19.1. The van der Waals surface area contributed by atoms with Crippen molar-refractivity contribution in [2.45, 2.75) is 39.8 Å². The van der Waals surface area contributed by atoms with Gasteiger partial charge in [-0.25, -0.2) is 4.39 Å². The van der Waals surface area contributed by atoms with E-state index in [1.165, 1.54) is 0 Å². The van der Waals surface area contributed by atoms with Crippen LogP contribution < -0.4 is 5.32 Å². The van der Waals surface area contributed by atoms with Gasteiger partial charge in [0.15, 0.2) is 0 Å². The van der Waals surface area contributed by atoms with Crippen molar-refractivity contribution in [3.63, 3.8) is 0 Å². The number of rotatable bonds is 6. The molecule has 20 heavy (non-hydrogen) atoms. The van der Waals surface area contributed by atoms with Crippen molar-refractivity contribution in [1.29, 1.82) is 0 Å². The molecule has 1 heterocycles. The van der Waals surface area contributed by atoms with E-state index in [2.05, 4.69) is 24.3 Å². The van der Waals surface area contributed by atoms with Gasteiger partial charge in [-0.2, -0.15) is 5.10 Å². The average Bonchev–Trinajstić information content (AvgIpc) is 2.88. The molecule has 2 aromatic rings. The number of hydrogen-bond acceptors (Lipinski definition) is 2. The van der Waals surface area contributed by atoms with Gasteiger partial charge in [-0.05, 0) is 43.1 Å². The molecule has 2 rings (SSSR count). The summed E-state index contributed by atoms with van der Waals surface area (Å²) >= 11 is 0. The second-order valence-corrected chi connectivity index (χ2v) is 4.98. The first-order chi connectivity index (χ1) is 9.67. The van der Waals surface area contributed by atoms with E-state index in [9.17, 15) is 4.39 Å². The number of benzene rings is 1. The lowest BCUT2D eigenvalue weighted by atomic mass is 10.0. The van der Waals surface area contributed by atoms with E-state index in [0.717, 1.165) is 30.8 Å². The molecule has 1 N–H and O–H groups in total. The maximum atomic E-state index is 13.8. The van der Waals surface area contributed by atoms with Gasteiger partial charge in [0.25, 0.3) is 0 Å². The third-order valence-electron chi connectivity index (χ3n) is 3.42. The standard InChI is InChI=1S/C16H22FN3/c1-4-10-20-15(8-9-19-20)16(18-5-2)13-7-6-12(3)14(17)11-13/h6-9,11,16,18H,4-5,10H2,1-3H3. The molecule has 3 nitrogen and oxygen atoms in total. The Balaban J connectivity index is 2.39. The number of nitrogens with one attached hydrogen (secondary N) is 1. The molecule has 0 aliphatic carbocycles. The van der Waals surface area contributed by atoms with Crippen molar-refractivity contribution in [1.82, 2.24) is 15.1 Å². The maximum Gasteiger partial charge on any atom is 0.126 e. The highest BCUT2D eigenvalue weighted by molar-refractivity contribution is 5.31. The zero-order chi connectivity index (χ0) is 14.5. The van der Waals surface area contributed by atoms with E-state index in [1.54, 1.807) is 19.2 Å². The van der Waals surface area contributed by atoms with Gasteiger partial charge in [-0.15, -0.1) is 0 Å². The lowest BCUT2D eigenvalue weighted by Gasteiger charge is -2.20. The summed E-state index contributed by atoms with van der Waals surface area (Å²) in [5.41, 5.74) is 2.69. The molecule has 4 heteroatoms. The van der Waals surface area contributed by atoms with E-state index in [4.69, 9.17) is 0 Å². The van der Waals surface area contributed by atoms with Crippen LogP contribution in [0.4, 0.5) is 4.39 Å². The van der Waals surface area contributed by atoms with Gasteiger partial charge in [0.1, 0.15) is 5.82 Å². The summed E-state index contributed by atoms with van der Waals surface area (Å²) in [5, 5.41) is 7.78. The molecule has 0 saturated heterocycles. The fraction of sp³-hybridized carbons (Fsp3) is 0.438. The summed E-state index contributed by atoms with van der Waals surface area (Å²) in [7, 11) is 0. The van der Waals surface area contributed by atoms with Crippen molar-refractivity contribution in [3.8, 4) is 0 Å².